The molecule has 1 aliphatic carbocycles. The Balaban J connectivity index is 0.000000861. The van der Waals surface area contributed by atoms with Crippen molar-refractivity contribution in [1.82, 2.24) is 0 Å². The molecule has 6 atom stereocenters. The van der Waals surface area contributed by atoms with Gasteiger partial charge in [-0.05, 0) is 6.42 Å². The van der Waals surface area contributed by atoms with Crippen LogP contribution in [-0.4, -0.2) is 53.5 Å². The van der Waals surface area contributed by atoms with Gasteiger partial charge in [0.15, 0.2) is 6.29 Å². The standard InChI is InChI=1S/C11H20N2O4.C2H6/c12-6-5-7(13)11(10(15)9(6)14)17-8-3-1-2-4-16-8;1-2/h1-2,6-11,14-15H,3-5,12-13H2;1-2H3/t6-,7+,8?,9+,10-,11-;/m1./s1. The first-order chi connectivity index (χ1) is 9.09. The summed E-state index contributed by atoms with van der Waals surface area (Å²) in [5.41, 5.74) is 11.6. The molecule has 0 amide bonds. The molecule has 112 valence electrons. The van der Waals surface area contributed by atoms with Crippen LogP contribution >= 0.6 is 0 Å². The summed E-state index contributed by atoms with van der Waals surface area (Å²) < 4.78 is 11.0. The fourth-order valence-electron chi connectivity index (χ4n) is 2.25. The molecule has 0 aromatic rings. The smallest absolute Gasteiger partial charge is 0.161 e. The summed E-state index contributed by atoms with van der Waals surface area (Å²) in [5, 5.41) is 19.6. The number of aliphatic hydroxyl groups is 2. The zero-order chi connectivity index (χ0) is 14.4. The van der Waals surface area contributed by atoms with E-state index >= 15 is 0 Å². The number of aliphatic hydroxyl groups excluding tert-OH is 2. The monoisotopic (exact) mass is 274 g/mol. The highest BCUT2D eigenvalue weighted by atomic mass is 16.7. The maximum Gasteiger partial charge on any atom is 0.161 e. The summed E-state index contributed by atoms with van der Waals surface area (Å²) >= 11 is 0. The SMILES string of the molecule is CC.N[C@@H]1C[C@H](N)[C@@H](OC2CC=CCO2)[C@H](O)[C@H]1O. The topological polar surface area (TPSA) is 111 Å². The van der Waals surface area contributed by atoms with Gasteiger partial charge >= 0.3 is 0 Å². The molecule has 1 unspecified atom stereocenters. The zero-order valence-corrected chi connectivity index (χ0v) is 11.6. The lowest BCUT2D eigenvalue weighted by Crippen LogP contribution is -2.62. The van der Waals surface area contributed by atoms with Crippen molar-refractivity contribution in [2.24, 2.45) is 11.5 Å². The Kier molecular flexibility index (Phi) is 6.92. The highest BCUT2D eigenvalue weighted by Crippen LogP contribution is 2.23. The van der Waals surface area contributed by atoms with Crippen LogP contribution in [0.3, 0.4) is 0 Å². The quantitative estimate of drug-likeness (QED) is 0.504. The van der Waals surface area contributed by atoms with Crippen LogP contribution in [0.2, 0.25) is 0 Å². The Labute approximate surface area is 114 Å². The van der Waals surface area contributed by atoms with Gasteiger partial charge in [0, 0.05) is 18.5 Å². The molecule has 1 aliphatic heterocycles. The summed E-state index contributed by atoms with van der Waals surface area (Å²) in [4.78, 5) is 0. The van der Waals surface area contributed by atoms with Crippen molar-refractivity contribution < 1.29 is 19.7 Å². The summed E-state index contributed by atoms with van der Waals surface area (Å²) in [5.74, 6) is 0. The van der Waals surface area contributed by atoms with Crippen LogP contribution in [0.15, 0.2) is 12.2 Å². The molecule has 0 saturated heterocycles. The minimum absolute atomic E-state index is 0.391. The molecule has 6 nitrogen and oxygen atoms in total. The summed E-state index contributed by atoms with van der Waals surface area (Å²) in [6.45, 7) is 4.49. The molecule has 0 aromatic heterocycles. The highest BCUT2D eigenvalue weighted by Gasteiger charge is 2.42. The first-order valence-electron chi connectivity index (χ1n) is 6.89. The van der Waals surface area contributed by atoms with Crippen LogP contribution < -0.4 is 11.5 Å². The van der Waals surface area contributed by atoms with Crippen molar-refractivity contribution >= 4 is 0 Å². The van der Waals surface area contributed by atoms with E-state index in [2.05, 4.69) is 0 Å². The van der Waals surface area contributed by atoms with Gasteiger partial charge in [-0.25, -0.2) is 0 Å². The van der Waals surface area contributed by atoms with E-state index in [-0.39, 0.29) is 0 Å². The lowest BCUT2D eigenvalue weighted by molar-refractivity contribution is -0.216. The van der Waals surface area contributed by atoms with E-state index < -0.39 is 36.7 Å². The Morgan fingerprint density at radius 2 is 1.79 bits per heavy atom. The van der Waals surface area contributed by atoms with Crippen LogP contribution in [0.25, 0.3) is 0 Å². The number of ether oxygens (including phenoxy) is 2. The van der Waals surface area contributed by atoms with Gasteiger partial charge in [-0.2, -0.15) is 0 Å². The van der Waals surface area contributed by atoms with Crippen molar-refractivity contribution in [3.05, 3.63) is 12.2 Å². The molecule has 2 rings (SSSR count). The molecule has 2 aliphatic rings. The number of rotatable bonds is 2. The molecule has 0 spiro atoms. The molecule has 0 radical (unpaired) electrons. The van der Waals surface area contributed by atoms with E-state index in [1.807, 2.05) is 26.0 Å². The van der Waals surface area contributed by atoms with E-state index in [1.54, 1.807) is 0 Å². The van der Waals surface area contributed by atoms with Gasteiger partial charge in [0.05, 0.1) is 12.7 Å². The maximum absolute atomic E-state index is 9.90. The summed E-state index contributed by atoms with van der Waals surface area (Å²) in [6.07, 6.45) is 1.79. The van der Waals surface area contributed by atoms with Crippen LogP contribution in [0.1, 0.15) is 26.7 Å². The van der Waals surface area contributed by atoms with Gasteiger partial charge in [0.25, 0.3) is 0 Å². The largest absolute Gasteiger partial charge is 0.389 e. The summed E-state index contributed by atoms with van der Waals surface area (Å²) in [7, 11) is 0. The number of nitrogens with two attached hydrogens (primary N) is 2. The minimum Gasteiger partial charge on any atom is -0.389 e. The predicted octanol–water partition coefficient (Wildman–Crippen LogP) is -0.519. The predicted molar refractivity (Wildman–Crippen MR) is 72.3 cm³/mol. The van der Waals surface area contributed by atoms with Crippen molar-refractivity contribution in [3.8, 4) is 0 Å². The Morgan fingerprint density at radius 3 is 2.37 bits per heavy atom. The lowest BCUT2D eigenvalue weighted by atomic mass is 9.85. The van der Waals surface area contributed by atoms with E-state index in [9.17, 15) is 10.2 Å². The van der Waals surface area contributed by atoms with Gasteiger partial charge in [-0.3, -0.25) is 0 Å². The molecule has 0 aromatic carbocycles. The third-order valence-corrected chi connectivity index (χ3v) is 3.27. The second kappa shape index (κ2) is 7.94. The van der Waals surface area contributed by atoms with Crippen molar-refractivity contribution in [3.63, 3.8) is 0 Å². The van der Waals surface area contributed by atoms with Crippen LogP contribution in [0.4, 0.5) is 0 Å². The molecule has 19 heavy (non-hydrogen) atoms. The van der Waals surface area contributed by atoms with E-state index in [0.29, 0.717) is 19.4 Å². The lowest BCUT2D eigenvalue weighted by Gasteiger charge is -2.41. The van der Waals surface area contributed by atoms with Crippen LogP contribution in [-0.2, 0) is 9.47 Å². The van der Waals surface area contributed by atoms with Gasteiger partial charge in [-0.1, -0.05) is 26.0 Å². The highest BCUT2D eigenvalue weighted by molar-refractivity contribution is 4.98. The molecule has 0 bridgehead atoms. The third kappa shape index (κ3) is 4.24. The molecule has 1 heterocycles. The maximum atomic E-state index is 9.90. The Morgan fingerprint density at radius 1 is 1.11 bits per heavy atom. The molecule has 1 saturated carbocycles. The Hall–Kier alpha value is -0.500. The normalized spacial score (nSPS) is 42.4. The fraction of sp³-hybridized carbons (Fsp3) is 0.846. The van der Waals surface area contributed by atoms with Crippen molar-refractivity contribution in [1.29, 1.82) is 0 Å². The first kappa shape index (κ1) is 16.6. The summed E-state index contributed by atoms with van der Waals surface area (Å²) in [6, 6.07) is -0.898. The molecular weight excluding hydrogens is 248 g/mol. The molecule has 6 N–H and O–H groups in total. The van der Waals surface area contributed by atoms with Crippen molar-refractivity contribution in [2.45, 2.75) is 63.4 Å². The van der Waals surface area contributed by atoms with Crippen LogP contribution in [0, 0.1) is 0 Å². The van der Waals surface area contributed by atoms with Crippen molar-refractivity contribution in [2.75, 3.05) is 6.61 Å². The van der Waals surface area contributed by atoms with E-state index in [0.717, 1.165) is 0 Å². The van der Waals surface area contributed by atoms with Gasteiger partial charge in [-0.15, -0.1) is 0 Å². The fourth-order valence-corrected chi connectivity index (χ4v) is 2.25. The van der Waals surface area contributed by atoms with Gasteiger partial charge in [0.2, 0.25) is 0 Å². The van der Waals surface area contributed by atoms with Crippen LogP contribution in [0.5, 0.6) is 0 Å². The van der Waals surface area contributed by atoms with Gasteiger partial charge < -0.3 is 31.2 Å². The average molecular weight is 274 g/mol. The Bertz CT molecular complexity index is 288. The second-order valence-corrected chi connectivity index (χ2v) is 4.62. The minimum atomic E-state index is -1.07. The second-order valence-electron chi connectivity index (χ2n) is 4.62. The number of hydrogen-bond donors (Lipinski definition) is 4. The number of hydrogen-bond acceptors (Lipinski definition) is 6. The van der Waals surface area contributed by atoms with E-state index in [1.165, 1.54) is 0 Å². The van der Waals surface area contributed by atoms with E-state index in [4.69, 9.17) is 20.9 Å². The molecule has 6 heteroatoms. The zero-order valence-electron chi connectivity index (χ0n) is 11.6. The first-order valence-corrected chi connectivity index (χ1v) is 6.89. The average Bonchev–Trinajstić information content (AvgIpc) is 2.45. The third-order valence-electron chi connectivity index (χ3n) is 3.27. The molecule has 1 fully saturated rings. The van der Waals surface area contributed by atoms with Gasteiger partial charge in [0.1, 0.15) is 12.2 Å². The molecular formula is C13H26N2O4.